The molecule has 1 atom stereocenters. The van der Waals surface area contributed by atoms with E-state index in [4.69, 9.17) is 0 Å². The Morgan fingerprint density at radius 1 is 1.26 bits per heavy atom. The minimum Gasteiger partial charge on any atom is -0.375 e. The summed E-state index contributed by atoms with van der Waals surface area (Å²) in [4.78, 5) is 16.4. The maximum Gasteiger partial charge on any atom is 0.423 e. The van der Waals surface area contributed by atoms with Crippen molar-refractivity contribution in [2.75, 3.05) is 6.54 Å². The monoisotopic (exact) mass is 344 g/mol. The van der Waals surface area contributed by atoms with Gasteiger partial charge in [0.25, 0.3) is 5.91 Å². The number of thiazole rings is 1. The number of aromatic nitrogens is 1. The zero-order valence-electron chi connectivity index (χ0n) is 12.4. The summed E-state index contributed by atoms with van der Waals surface area (Å²) in [6, 6.07) is 6.67. The van der Waals surface area contributed by atoms with Gasteiger partial charge < -0.3 is 10.4 Å². The van der Waals surface area contributed by atoms with E-state index in [0.717, 1.165) is 11.3 Å². The minimum absolute atomic E-state index is 0.236. The van der Waals surface area contributed by atoms with Crippen LogP contribution in [0.4, 0.5) is 13.2 Å². The van der Waals surface area contributed by atoms with Gasteiger partial charge in [-0.3, -0.25) is 4.79 Å². The first-order chi connectivity index (χ1) is 10.6. The van der Waals surface area contributed by atoms with Gasteiger partial charge in [0.2, 0.25) is 5.60 Å². The first kappa shape index (κ1) is 17.4. The number of carbonyl (C=O) groups excluding carboxylic acids is 1. The van der Waals surface area contributed by atoms with Gasteiger partial charge in [-0.1, -0.05) is 30.3 Å². The van der Waals surface area contributed by atoms with Crippen molar-refractivity contribution < 1.29 is 23.1 Å². The van der Waals surface area contributed by atoms with E-state index >= 15 is 0 Å². The van der Waals surface area contributed by atoms with Crippen LogP contribution in [0.25, 0.3) is 0 Å². The number of aryl methyl sites for hydroxylation is 2. The molecule has 1 unspecified atom stereocenters. The van der Waals surface area contributed by atoms with Crippen molar-refractivity contribution in [3.8, 4) is 0 Å². The fourth-order valence-electron chi connectivity index (χ4n) is 2.11. The summed E-state index contributed by atoms with van der Waals surface area (Å²) in [7, 11) is 0. The van der Waals surface area contributed by atoms with Crippen LogP contribution in [-0.4, -0.2) is 28.7 Å². The highest BCUT2D eigenvalue weighted by Gasteiger charge is 2.55. The van der Waals surface area contributed by atoms with Gasteiger partial charge in [-0.15, -0.1) is 11.3 Å². The fraction of sp³-hybridized carbons (Fsp3) is 0.333. The van der Waals surface area contributed by atoms with Crippen LogP contribution in [0, 0.1) is 13.8 Å². The van der Waals surface area contributed by atoms with Gasteiger partial charge in [-0.05, 0) is 19.4 Å². The Kier molecular flexibility index (Phi) is 4.76. The molecule has 0 bridgehead atoms. The van der Waals surface area contributed by atoms with E-state index in [0.29, 0.717) is 10.7 Å². The molecule has 8 heteroatoms. The number of aliphatic hydroxyl groups is 1. The standard InChI is InChI=1S/C15H15F3N2O2S/c1-9-12(23-10(2)20-9)13(21)19-8-14(22,15(16,17)18)11-6-4-3-5-7-11/h3-7,22H,8H2,1-2H3,(H,19,21). The normalized spacial score (nSPS) is 14.3. The molecule has 0 aliphatic heterocycles. The number of amides is 1. The van der Waals surface area contributed by atoms with Crippen LogP contribution < -0.4 is 5.32 Å². The SMILES string of the molecule is Cc1nc(C)c(C(=O)NCC(O)(c2ccccc2)C(F)(F)F)s1. The van der Waals surface area contributed by atoms with E-state index in [9.17, 15) is 23.1 Å². The number of halogens is 3. The highest BCUT2D eigenvalue weighted by molar-refractivity contribution is 7.13. The van der Waals surface area contributed by atoms with Gasteiger partial charge in [0, 0.05) is 0 Å². The van der Waals surface area contributed by atoms with E-state index in [2.05, 4.69) is 10.3 Å². The number of hydrogen-bond donors (Lipinski definition) is 2. The predicted octanol–water partition coefficient (Wildman–Crippen LogP) is 2.94. The molecule has 1 heterocycles. The van der Waals surface area contributed by atoms with E-state index in [1.54, 1.807) is 19.9 Å². The summed E-state index contributed by atoms with van der Waals surface area (Å²) >= 11 is 1.09. The van der Waals surface area contributed by atoms with Gasteiger partial charge >= 0.3 is 6.18 Å². The van der Waals surface area contributed by atoms with Crippen LogP contribution in [0.2, 0.25) is 0 Å². The zero-order chi connectivity index (χ0) is 17.3. The Morgan fingerprint density at radius 2 is 1.87 bits per heavy atom. The Morgan fingerprint density at radius 3 is 2.35 bits per heavy atom. The molecule has 2 aromatic rings. The molecule has 0 fully saturated rings. The van der Waals surface area contributed by atoms with E-state index in [1.807, 2.05) is 0 Å². The lowest BCUT2D eigenvalue weighted by atomic mass is 9.93. The first-order valence-corrected chi connectivity index (χ1v) is 7.53. The number of hydrogen-bond acceptors (Lipinski definition) is 4. The van der Waals surface area contributed by atoms with Crippen LogP contribution in [0.5, 0.6) is 0 Å². The van der Waals surface area contributed by atoms with Gasteiger partial charge in [-0.2, -0.15) is 13.2 Å². The predicted molar refractivity (Wildman–Crippen MR) is 80.3 cm³/mol. The third-order valence-electron chi connectivity index (χ3n) is 3.33. The number of carbonyl (C=O) groups is 1. The molecule has 1 aromatic heterocycles. The number of benzene rings is 1. The lowest BCUT2D eigenvalue weighted by Crippen LogP contribution is -2.51. The molecule has 0 radical (unpaired) electrons. The molecule has 4 nitrogen and oxygen atoms in total. The average molecular weight is 344 g/mol. The Hall–Kier alpha value is -1.93. The van der Waals surface area contributed by atoms with Crippen LogP contribution in [-0.2, 0) is 5.60 Å². The third-order valence-corrected chi connectivity index (χ3v) is 4.41. The second-order valence-corrected chi connectivity index (χ2v) is 6.26. The number of nitrogens with one attached hydrogen (secondary N) is 1. The summed E-state index contributed by atoms with van der Waals surface area (Å²) in [6.45, 7) is 2.33. The van der Waals surface area contributed by atoms with Crippen molar-refractivity contribution >= 4 is 17.2 Å². The molecule has 0 aliphatic carbocycles. The third kappa shape index (κ3) is 3.53. The molecule has 0 aliphatic rings. The van der Waals surface area contributed by atoms with E-state index in [-0.39, 0.29) is 10.4 Å². The lowest BCUT2D eigenvalue weighted by molar-refractivity contribution is -0.263. The zero-order valence-corrected chi connectivity index (χ0v) is 13.3. The fourth-order valence-corrected chi connectivity index (χ4v) is 2.95. The highest BCUT2D eigenvalue weighted by Crippen LogP contribution is 2.38. The Balaban J connectivity index is 2.23. The minimum atomic E-state index is -4.93. The number of alkyl halides is 3. The summed E-state index contributed by atoms with van der Waals surface area (Å²) in [5, 5.41) is 12.9. The van der Waals surface area contributed by atoms with Crippen molar-refractivity contribution in [3.63, 3.8) is 0 Å². The summed E-state index contributed by atoms with van der Waals surface area (Å²) < 4.78 is 39.9. The molecular weight excluding hydrogens is 329 g/mol. The number of rotatable bonds is 4. The van der Waals surface area contributed by atoms with Crippen molar-refractivity contribution in [1.82, 2.24) is 10.3 Å². The van der Waals surface area contributed by atoms with Gasteiger partial charge in [0.15, 0.2) is 0 Å². The van der Waals surface area contributed by atoms with Crippen LogP contribution >= 0.6 is 11.3 Å². The largest absolute Gasteiger partial charge is 0.423 e. The summed E-state index contributed by atoms with van der Waals surface area (Å²) in [5.74, 6) is -0.688. The molecular formula is C15H15F3N2O2S. The molecule has 0 saturated heterocycles. The number of nitrogens with zero attached hydrogens (tertiary/aromatic N) is 1. The summed E-state index contributed by atoms with van der Waals surface area (Å²) in [5.41, 5.74) is -3.04. The van der Waals surface area contributed by atoms with Crippen molar-refractivity contribution in [3.05, 3.63) is 51.5 Å². The van der Waals surface area contributed by atoms with Crippen LogP contribution in [0.3, 0.4) is 0 Å². The second-order valence-electron chi connectivity index (χ2n) is 5.05. The molecule has 0 spiro atoms. The smallest absolute Gasteiger partial charge is 0.375 e. The maximum absolute atomic E-state index is 13.3. The molecule has 2 N–H and O–H groups in total. The molecule has 1 amide bonds. The Bertz CT molecular complexity index is 700. The molecule has 124 valence electrons. The molecule has 0 saturated carbocycles. The maximum atomic E-state index is 13.3. The highest BCUT2D eigenvalue weighted by atomic mass is 32.1. The quantitative estimate of drug-likeness (QED) is 0.896. The average Bonchev–Trinajstić information content (AvgIpc) is 2.83. The Labute approximate surface area is 135 Å². The lowest BCUT2D eigenvalue weighted by Gasteiger charge is -2.31. The van der Waals surface area contributed by atoms with Crippen molar-refractivity contribution in [2.24, 2.45) is 0 Å². The van der Waals surface area contributed by atoms with Crippen molar-refractivity contribution in [2.45, 2.75) is 25.6 Å². The van der Waals surface area contributed by atoms with E-state index in [1.165, 1.54) is 24.3 Å². The topological polar surface area (TPSA) is 62.2 Å². The van der Waals surface area contributed by atoms with Crippen LogP contribution in [0.15, 0.2) is 30.3 Å². The van der Waals surface area contributed by atoms with E-state index < -0.39 is 24.2 Å². The van der Waals surface area contributed by atoms with Gasteiger partial charge in [0.1, 0.15) is 4.88 Å². The molecule has 2 rings (SSSR count). The van der Waals surface area contributed by atoms with Gasteiger partial charge in [-0.25, -0.2) is 4.98 Å². The first-order valence-electron chi connectivity index (χ1n) is 6.72. The molecule has 1 aromatic carbocycles. The summed E-state index contributed by atoms with van der Waals surface area (Å²) in [6.07, 6.45) is -4.93. The molecule has 23 heavy (non-hydrogen) atoms. The van der Waals surface area contributed by atoms with Crippen molar-refractivity contribution in [1.29, 1.82) is 0 Å². The second kappa shape index (κ2) is 6.29. The van der Waals surface area contributed by atoms with Crippen LogP contribution in [0.1, 0.15) is 25.9 Å². The van der Waals surface area contributed by atoms with Gasteiger partial charge in [0.05, 0.1) is 17.2 Å².